The lowest BCUT2D eigenvalue weighted by atomic mass is 10.2. The zero-order valence-corrected chi connectivity index (χ0v) is 12.1. The molecule has 1 aliphatic heterocycles. The molecule has 1 heterocycles. The molecule has 6 nitrogen and oxygen atoms in total. The Bertz CT molecular complexity index is 561. The molecule has 2 rings (SSSR count). The molecule has 106 valence electrons. The Morgan fingerprint density at radius 1 is 1.40 bits per heavy atom. The molecular weight excluding hydrogens is 328 g/mol. The van der Waals surface area contributed by atoms with Crippen molar-refractivity contribution in [2.45, 2.75) is 18.9 Å². The van der Waals surface area contributed by atoms with Crippen LogP contribution in [0.4, 0.5) is 5.69 Å². The summed E-state index contributed by atoms with van der Waals surface area (Å²) in [5, 5.41) is 11.7. The van der Waals surface area contributed by atoms with Crippen molar-refractivity contribution in [2.24, 2.45) is 0 Å². The van der Waals surface area contributed by atoms with Gasteiger partial charge in [0.15, 0.2) is 0 Å². The first-order valence-electron chi connectivity index (χ1n) is 6.05. The fourth-order valence-corrected chi connectivity index (χ4v) is 2.48. The molecule has 1 aliphatic rings. The van der Waals surface area contributed by atoms with E-state index in [4.69, 9.17) is 5.11 Å². The van der Waals surface area contributed by atoms with E-state index in [-0.39, 0.29) is 25.3 Å². The van der Waals surface area contributed by atoms with E-state index in [1.807, 2.05) is 6.07 Å². The normalized spacial score (nSPS) is 18.1. The van der Waals surface area contributed by atoms with E-state index in [1.165, 1.54) is 0 Å². The summed E-state index contributed by atoms with van der Waals surface area (Å²) in [6, 6.07) is 6.15. The van der Waals surface area contributed by atoms with Gasteiger partial charge in [-0.3, -0.25) is 9.59 Å². The van der Waals surface area contributed by atoms with Crippen LogP contribution in [0, 0.1) is 0 Å². The molecule has 1 aromatic rings. The average Bonchev–Trinajstić information content (AvgIpc) is 2.74. The third-order valence-electron chi connectivity index (χ3n) is 3.08. The molecule has 0 bridgehead atoms. The highest BCUT2D eigenvalue weighted by atomic mass is 79.9. The Balaban J connectivity index is 2.02. The van der Waals surface area contributed by atoms with Gasteiger partial charge in [-0.2, -0.15) is 0 Å². The molecule has 0 aromatic heterocycles. The van der Waals surface area contributed by atoms with Crippen molar-refractivity contribution in [3.63, 3.8) is 0 Å². The molecule has 1 unspecified atom stereocenters. The molecule has 0 saturated carbocycles. The Morgan fingerprint density at radius 2 is 2.10 bits per heavy atom. The summed E-state index contributed by atoms with van der Waals surface area (Å²) in [7, 11) is 0. The molecule has 20 heavy (non-hydrogen) atoms. The molecule has 0 spiro atoms. The van der Waals surface area contributed by atoms with Gasteiger partial charge in [-0.1, -0.05) is 12.1 Å². The van der Waals surface area contributed by atoms with Gasteiger partial charge >= 0.3 is 5.97 Å². The van der Waals surface area contributed by atoms with Crippen LogP contribution in [0.5, 0.6) is 0 Å². The van der Waals surface area contributed by atoms with Gasteiger partial charge in [0.1, 0.15) is 12.6 Å². The second-order valence-electron chi connectivity index (χ2n) is 4.44. The number of para-hydroxylation sites is 1. The number of carboxylic acids is 1. The van der Waals surface area contributed by atoms with Crippen LogP contribution in [0.3, 0.4) is 0 Å². The van der Waals surface area contributed by atoms with Crippen LogP contribution in [0.2, 0.25) is 0 Å². The van der Waals surface area contributed by atoms with E-state index >= 15 is 0 Å². The SMILES string of the molecule is O=C(CN1C(=O)CCC1C(=O)O)Nc1ccccc1Br. The Kier molecular flexibility index (Phi) is 4.39. The lowest BCUT2D eigenvalue weighted by Gasteiger charge is -2.21. The van der Waals surface area contributed by atoms with Gasteiger partial charge in [-0.15, -0.1) is 0 Å². The summed E-state index contributed by atoms with van der Waals surface area (Å²) < 4.78 is 0.718. The molecule has 2 N–H and O–H groups in total. The maximum Gasteiger partial charge on any atom is 0.326 e. The number of nitrogens with one attached hydrogen (secondary N) is 1. The number of likely N-dealkylation sites (tertiary alicyclic amines) is 1. The Hall–Kier alpha value is -1.89. The monoisotopic (exact) mass is 340 g/mol. The maximum absolute atomic E-state index is 11.9. The fourth-order valence-electron chi connectivity index (χ4n) is 2.10. The number of halogens is 1. The third-order valence-corrected chi connectivity index (χ3v) is 3.77. The van der Waals surface area contributed by atoms with Gasteiger partial charge in [0.2, 0.25) is 11.8 Å². The zero-order chi connectivity index (χ0) is 14.7. The second kappa shape index (κ2) is 6.04. The summed E-state index contributed by atoms with van der Waals surface area (Å²) >= 11 is 3.30. The predicted octanol–water partition coefficient (Wildman–Crippen LogP) is 1.46. The lowest BCUT2D eigenvalue weighted by Crippen LogP contribution is -2.43. The Morgan fingerprint density at radius 3 is 2.75 bits per heavy atom. The summed E-state index contributed by atoms with van der Waals surface area (Å²) in [6.07, 6.45) is 0.412. The molecule has 1 atom stereocenters. The zero-order valence-electron chi connectivity index (χ0n) is 10.5. The first-order valence-corrected chi connectivity index (χ1v) is 6.85. The van der Waals surface area contributed by atoms with E-state index in [2.05, 4.69) is 21.2 Å². The smallest absolute Gasteiger partial charge is 0.326 e. The van der Waals surface area contributed by atoms with Gasteiger partial charge in [0.05, 0.1) is 5.69 Å². The highest BCUT2D eigenvalue weighted by Crippen LogP contribution is 2.22. The lowest BCUT2D eigenvalue weighted by molar-refractivity contribution is -0.147. The van der Waals surface area contributed by atoms with Crippen LogP contribution < -0.4 is 5.32 Å². The second-order valence-corrected chi connectivity index (χ2v) is 5.30. The van der Waals surface area contributed by atoms with Crippen molar-refractivity contribution in [3.05, 3.63) is 28.7 Å². The number of carboxylic acid groups (broad SMARTS) is 1. The van der Waals surface area contributed by atoms with Crippen LogP contribution in [0.1, 0.15) is 12.8 Å². The molecule has 7 heteroatoms. The maximum atomic E-state index is 11.9. The number of carbonyl (C=O) groups is 3. The molecule has 0 aliphatic carbocycles. The molecule has 1 aromatic carbocycles. The number of amides is 2. The number of hydrogen-bond donors (Lipinski definition) is 2. The summed E-state index contributed by atoms with van der Waals surface area (Å²) in [4.78, 5) is 35.7. The minimum atomic E-state index is -1.08. The quantitative estimate of drug-likeness (QED) is 0.868. The minimum absolute atomic E-state index is 0.166. The van der Waals surface area contributed by atoms with Crippen LogP contribution in [-0.4, -0.2) is 40.4 Å². The molecule has 1 fully saturated rings. The van der Waals surface area contributed by atoms with Crippen molar-refractivity contribution < 1.29 is 19.5 Å². The molecular formula is C13H13BrN2O4. The van der Waals surface area contributed by atoms with Gasteiger partial charge in [-0.05, 0) is 34.5 Å². The fraction of sp³-hybridized carbons (Fsp3) is 0.308. The van der Waals surface area contributed by atoms with E-state index in [0.717, 1.165) is 9.37 Å². The number of carbonyl (C=O) groups excluding carboxylic acids is 2. The number of rotatable bonds is 4. The predicted molar refractivity (Wildman–Crippen MR) is 75.1 cm³/mol. The van der Waals surface area contributed by atoms with Crippen molar-refractivity contribution in [3.8, 4) is 0 Å². The van der Waals surface area contributed by atoms with Gasteiger partial charge < -0.3 is 15.3 Å². The van der Waals surface area contributed by atoms with Crippen LogP contribution in [0.15, 0.2) is 28.7 Å². The third kappa shape index (κ3) is 3.16. The summed E-state index contributed by atoms with van der Waals surface area (Å²) in [5.41, 5.74) is 0.580. The van der Waals surface area contributed by atoms with E-state index < -0.39 is 17.9 Å². The standard InChI is InChI=1S/C13H13BrN2O4/c14-8-3-1-2-4-9(8)15-11(17)7-16-10(13(19)20)5-6-12(16)18/h1-4,10H,5-7H2,(H,15,17)(H,19,20). The first kappa shape index (κ1) is 14.5. The van der Waals surface area contributed by atoms with Gasteiger partial charge in [-0.25, -0.2) is 4.79 Å². The van der Waals surface area contributed by atoms with Crippen LogP contribution in [0.25, 0.3) is 0 Å². The summed E-state index contributed by atoms with van der Waals surface area (Å²) in [6.45, 7) is -0.253. The number of aliphatic carboxylic acids is 1. The number of benzene rings is 1. The van der Waals surface area contributed by atoms with E-state index in [1.54, 1.807) is 18.2 Å². The molecule has 2 amide bonds. The minimum Gasteiger partial charge on any atom is -0.480 e. The summed E-state index contributed by atoms with van der Waals surface area (Å²) in [5.74, 6) is -1.80. The van der Waals surface area contributed by atoms with Gasteiger partial charge in [0.25, 0.3) is 0 Å². The highest BCUT2D eigenvalue weighted by Gasteiger charge is 2.36. The van der Waals surface area contributed by atoms with E-state index in [9.17, 15) is 14.4 Å². The highest BCUT2D eigenvalue weighted by molar-refractivity contribution is 9.10. The topological polar surface area (TPSA) is 86.7 Å². The van der Waals surface area contributed by atoms with E-state index in [0.29, 0.717) is 5.69 Å². The van der Waals surface area contributed by atoms with Crippen LogP contribution in [-0.2, 0) is 14.4 Å². The molecule has 1 saturated heterocycles. The molecule has 0 radical (unpaired) electrons. The van der Waals surface area contributed by atoms with Crippen molar-refractivity contribution >= 4 is 39.4 Å². The van der Waals surface area contributed by atoms with Crippen LogP contribution >= 0.6 is 15.9 Å². The number of nitrogens with zero attached hydrogens (tertiary/aromatic N) is 1. The number of anilines is 1. The van der Waals surface area contributed by atoms with Crippen molar-refractivity contribution in [2.75, 3.05) is 11.9 Å². The average molecular weight is 341 g/mol. The van der Waals surface area contributed by atoms with Crippen molar-refractivity contribution in [1.29, 1.82) is 0 Å². The number of hydrogen-bond acceptors (Lipinski definition) is 3. The van der Waals surface area contributed by atoms with Gasteiger partial charge in [0, 0.05) is 10.9 Å². The largest absolute Gasteiger partial charge is 0.480 e. The first-order chi connectivity index (χ1) is 9.49. The Labute approximate surface area is 123 Å². The van der Waals surface area contributed by atoms with Crippen molar-refractivity contribution in [1.82, 2.24) is 4.90 Å².